The van der Waals surface area contributed by atoms with Crippen molar-refractivity contribution in [1.29, 1.82) is 0 Å². The molecule has 3 heterocycles. The summed E-state index contributed by atoms with van der Waals surface area (Å²) in [5.41, 5.74) is -1.00. The number of amides is 1. The number of hydrogen-bond acceptors (Lipinski definition) is 4. The maximum atomic E-state index is 12.6. The molecule has 25 heavy (non-hydrogen) atoms. The van der Waals surface area contributed by atoms with Gasteiger partial charge in [-0.15, -0.1) is 12.4 Å². The summed E-state index contributed by atoms with van der Waals surface area (Å²) < 4.78 is 40.6. The molecule has 0 aromatic carbocycles. The van der Waals surface area contributed by atoms with Gasteiger partial charge in [0, 0.05) is 45.3 Å². The number of aromatic nitrogens is 4. The lowest BCUT2D eigenvalue weighted by atomic mass is 10.1. The van der Waals surface area contributed by atoms with E-state index in [9.17, 15) is 18.0 Å². The molecule has 1 aliphatic rings. The van der Waals surface area contributed by atoms with Crippen LogP contribution >= 0.6 is 12.4 Å². The smallest absolute Gasteiger partial charge is 0.336 e. The predicted octanol–water partition coefficient (Wildman–Crippen LogP) is 1.23. The summed E-state index contributed by atoms with van der Waals surface area (Å²) in [7, 11) is 1.84. The van der Waals surface area contributed by atoms with E-state index < -0.39 is 11.9 Å². The van der Waals surface area contributed by atoms with E-state index in [1.54, 1.807) is 17.3 Å². The second-order valence-corrected chi connectivity index (χ2v) is 5.60. The van der Waals surface area contributed by atoms with Gasteiger partial charge in [-0.3, -0.25) is 9.48 Å². The van der Waals surface area contributed by atoms with Gasteiger partial charge in [0.2, 0.25) is 5.91 Å². The van der Waals surface area contributed by atoms with Gasteiger partial charge >= 0.3 is 6.18 Å². The summed E-state index contributed by atoms with van der Waals surface area (Å²) in [5.74, 6) is 0.438. The number of halogens is 4. The molecule has 0 bridgehead atoms. The van der Waals surface area contributed by atoms with Crippen molar-refractivity contribution in [3.8, 4) is 0 Å². The third kappa shape index (κ3) is 4.13. The molecule has 2 aromatic heterocycles. The van der Waals surface area contributed by atoms with E-state index in [2.05, 4.69) is 15.4 Å². The Morgan fingerprint density at radius 3 is 2.76 bits per heavy atom. The van der Waals surface area contributed by atoms with Crippen molar-refractivity contribution >= 4 is 18.3 Å². The Bertz CT molecular complexity index is 728. The van der Waals surface area contributed by atoms with Crippen LogP contribution < -0.4 is 5.32 Å². The van der Waals surface area contributed by atoms with Crippen molar-refractivity contribution in [3.05, 3.63) is 36.2 Å². The van der Waals surface area contributed by atoms with Crippen molar-refractivity contribution in [2.75, 3.05) is 19.6 Å². The third-order valence-corrected chi connectivity index (χ3v) is 3.95. The van der Waals surface area contributed by atoms with Gasteiger partial charge in [0.05, 0.1) is 0 Å². The van der Waals surface area contributed by atoms with Gasteiger partial charge in [-0.05, 0) is 6.07 Å². The SMILES string of the molecule is Cl.Cn1ccnc1C1CNCCN1C(=O)Cn1ccc(C(F)(F)F)n1. The molecule has 1 aliphatic heterocycles. The molecule has 1 N–H and O–H groups in total. The van der Waals surface area contributed by atoms with E-state index in [4.69, 9.17) is 0 Å². The Labute approximate surface area is 148 Å². The Kier molecular flexibility index (Phi) is 5.73. The van der Waals surface area contributed by atoms with Crippen LogP contribution in [0.5, 0.6) is 0 Å². The lowest BCUT2D eigenvalue weighted by Gasteiger charge is -2.35. The number of imidazole rings is 1. The van der Waals surface area contributed by atoms with Crippen molar-refractivity contribution in [2.45, 2.75) is 18.8 Å². The minimum atomic E-state index is -4.52. The number of carbonyl (C=O) groups excluding carboxylic acids is 1. The largest absolute Gasteiger partial charge is 0.435 e. The first-order chi connectivity index (χ1) is 11.4. The fraction of sp³-hybridized carbons (Fsp3) is 0.500. The zero-order chi connectivity index (χ0) is 17.3. The number of carbonyl (C=O) groups is 1. The van der Waals surface area contributed by atoms with E-state index in [0.29, 0.717) is 19.6 Å². The van der Waals surface area contributed by atoms with E-state index in [1.165, 1.54) is 6.20 Å². The van der Waals surface area contributed by atoms with Crippen LogP contribution in [0.25, 0.3) is 0 Å². The third-order valence-electron chi connectivity index (χ3n) is 3.95. The number of nitrogens with one attached hydrogen (secondary N) is 1. The monoisotopic (exact) mass is 378 g/mol. The van der Waals surface area contributed by atoms with E-state index >= 15 is 0 Å². The van der Waals surface area contributed by atoms with Crippen LogP contribution in [0.4, 0.5) is 13.2 Å². The molecular weight excluding hydrogens is 361 g/mol. The fourth-order valence-corrected chi connectivity index (χ4v) is 2.76. The Hall–Kier alpha value is -2.07. The minimum Gasteiger partial charge on any atom is -0.336 e. The lowest BCUT2D eigenvalue weighted by molar-refractivity contribution is -0.142. The quantitative estimate of drug-likeness (QED) is 0.872. The molecule has 1 atom stereocenters. The first-order valence-corrected chi connectivity index (χ1v) is 7.44. The van der Waals surface area contributed by atoms with Crippen LogP contribution in [0.1, 0.15) is 17.6 Å². The molecule has 0 spiro atoms. The normalized spacial score (nSPS) is 18.1. The van der Waals surface area contributed by atoms with Crippen LogP contribution in [0.15, 0.2) is 24.7 Å². The van der Waals surface area contributed by atoms with Gasteiger partial charge in [-0.25, -0.2) is 4.98 Å². The molecule has 7 nitrogen and oxygen atoms in total. The molecule has 3 rings (SSSR count). The van der Waals surface area contributed by atoms with Gasteiger partial charge in [0.25, 0.3) is 0 Å². The number of rotatable bonds is 3. The van der Waals surface area contributed by atoms with Crippen molar-refractivity contribution in [1.82, 2.24) is 29.5 Å². The van der Waals surface area contributed by atoms with Gasteiger partial charge in [-0.2, -0.15) is 18.3 Å². The number of aryl methyl sites for hydroxylation is 1. The molecule has 1 unspecified atom stereocenters. The molecule has 1 amide bonds. The molecule has 1 saturated heterocycles. The zero-order valence-corrected chi connectivity index (χ0v) is 14.2. The fourth-order valence-electron chi connectivity index (χ4n) is 2.76. The first kappa shape index (κ1) is 19.3. The number of nitrogens with zero attached hydrogens (tertiary/aromatic N) is 5. The van der Waals surface area contributed by atoms with E-state index in [-0.39, 0.29) is 30.9 Å². The highest BCUT2D eigenvalue weighted by Crippen LogP contribution is 2.27. The zero-order valence-electron chi connectivity index (χ0n) is 13.4. The van der Waals surface area contributed by atoms with Gasteiger partial charge in [0.15, 0.2) is 5.69 Å². The average Bonchev–Trinajstić information content (AvgIpc) is 3.16. The number of hydrogen-bond donors (Lipinski definition) is 1. The average molecular weight is 379 g/mol. The standard InChI is InChI=1S/C14H17F3N6O.ClH/c1-21-6-4-19-13(21)10-8-18-3-7-23(10)12(24)9-22-5-2-11(20-22)14(15,16)17;/h2,4-6,10,18H,3,7-9H2,1H3;1H. The molecule has 138 valence electrons. The van der Waals surface area contributed by atoms with Gasteiger partial charge < -0.3 is 14.8 Å². The van der Waals surface area contributed by atoms with Crippen LogP contribution in [-0.2, 0) is 24.6 Å². The van der Waals surface area contributed by atoms with Crippen LogP contribution in [0, 0.1) is 0 Å². The summed E-state index contributed by atoms with van der Waals surface area (Å²) in [6.07, 6.45) is 0.0863. The lowest BCUT2D eigenvalue weighted by Crippen LogP contribution is -2.50. The molecule has 2 aromatic rings. The first-order valence-electron chi connectivity index (χ1n) is 7.44. The van der Waals surface area contributed by atoms with Crippen molar-refractivity contribution in [3.63, 3.8) is 0 Å². The van der Waals surface area contributed by atoms with Crippen LogP contribution in [0.3, 0.4) is 0 Å². The Morgan fingerprint density at radius 2 is 2.16 bits per heavy atom. The second-order valence-electron chi connectivity index (χ2n) is 5.60. The summed E-state index contributed by atoms with van der Waals surface area (Å²) >= 11 is 0. The summed E-state index contributed by atoms with van der Waals surface area (Å²) in [6, 6.07) is 0.602. The number of alkyl halides is 3. The number of piperazine rings is 1. The summed E-state index contributed by atoms with van der Waals surface area (Å²) in [5, 5.41) is 6.63. The Balaban J connectivity index is 0.00000225. The Morgan fingerprint density at radius 1 is 1.40 bits per heavy atom. The van der Waals surface area contributed by atoms with Gasteiger partial charge in [-0.1, -0.05) is 0 Å². The summed E-state index contributed by atoms with van der Waals surface area (Å²) in [6.45, 7) is 1.39. The molecular formula is C14H18ClF3N6O. The van der Waals surface area contributed by atoms with Crippen LogP contribution in [-0.4, -0.2) is 49.8 Å². The molecule has 0 aliphatic carbocycles. The highest BCUT2D eigenvalue weighted by molar-refractivity contribution is 5.85. The van der Waals surface area contributed by atoms with Gasteiger partial charge in [0.1, 0.15) is 18.4 Å². The molecule has 0 saturated carbocycles. The highest BCUT2D eigenvalue weighted by Gasteiger charge is 2.34. The second kappa shape index (κ2) is 7.44. The maximum Gasteiger partial charge on any atom is 0.435 e. The van der Waals surface area contributed by atoms with Crippen molar-refractivity contribution < 1.29 is 18.0 Å². The summed E-state index contributed by atoms with van der Waals surface area (Å²) in [4.78, 5) is 18.5. The molecule has 0 radical (unpaired) electrons. The minimum absolute atomic E-state index is 0. The highest BCUT2D eigenvalue weighted by atomic mass is 35.5. The topological polar surface area (TPSA) is 68.0 Å². The molecule has 11 heteroatoms. The van der Waals surface area contributed by atoms with E-state index in [1.807, 2.05) is 11.6 Å². The maximum absolute atomic E-state index is 12.6. The van der Waals surface area contributed by atoms with E-state index in [0.717, 1.165) is 16.6 Å². The van der Waals surface area contributed by atoms with Crippen molar-refractivity contribution in [2.24, 2.45) is 7.05 Å². The predicted molar refractivity (Wildman–Crippen MR) is 85.0 cm³/mol. The molecule has 1 fully saturated rings. The van der Waals surface area contributed by atoms with Crippen LogP contribution in [0.2, 0.25) is 0 Å².